The van der Waals surface area contributed by atoms with Crippen molar-refractivity contribution in [2.75, 3.05) is 37.8 Å². The van der Waals surface area contributed by atoms with Crippen molar-refractivity contribution in [1.82, 2.24) is 4.98 Å². The highest BCUT2D eigenvalue weighted by molar-refractivity contribution is 7.30. The summed E-state index contributed by atoms with van der Waals surface area (Å²) in [7, 11) is 0. The van der Waals surface area contributed by atoms with E-state index in [0.717, 1.165) is 76.0 Å². The molecule has 0 aliphatic heterocycles. The van der Waals surface area contributed by atoms with Crippen molar-refractivity contribution in [2.45, 2.75) is 65.2 Å². The number of fused-ring (bicyclic) bond motifs is 1. The second-order valence-corrected chi connectivity index (χ2v) is 13.0. The van der Waals surface area contributed by atoms with Crippen LogP contribution >= 0.6 is 22.7 Å². The van der Waals surface area contributed by atoms with Crippen LogP contribution in [-0.2, 0) is 19.1 Å². The van der Waals surface area contributed by atoms with Crippen molar-refractivity contribution in [3.05, 3.63) is 67.3 Å². The third kappa shape index (κ3) is 13.1. The molecular formula is C36H44N6O5S2. The molecule has 13 heteroatoms. The quantitative estimate of drug-likeness (QED) is 0.0345. The van der Waals surface area contributed by atoms with Crippen molar-refractivity contribution >= 4 is 71.3 Å². The molecule has 11 nitrogen and oxygen atoms in total. The van der Waals surface area contributed by atoms with Crippen molar-refractivity contribution in [3.8, 4) is 5.75 Å². The summed E-state index contributed by atoms with van der Waals surface area (Å²) in [5.74, 6) is 0.283. The molecule has 4 rings (SSSR count). The summed E-state index contributed by atoms with van der Waals surface area (Å²) in [4.78, 5) is 30.0. The van der Waals surface area contributed by atoms with Gasteiger partial charge >= 0.3 is 11.9 Å². The maximum atomic E-state index is 11.4. The first-order chi connectivity index (χ1) is 24.0. The molecule has 4 aromatic rings. The van der Waals surface area contributed by atoms with Crippen molar-refractivity contribution in [2.24, 2.45) is 20.5 Å². The van der Waals surface area contributed by atoms with Crippen LogP contribution in [-0.4, -0.2) is 49.8 Å². The number of thiophene rings is 1. The summed E-state index contributed by atoms with van der Waals surface area (Å²) in [5.41, 5.74) is 2.51. The molecule has 0 fully saturated rings. The van der Waals surface area contributed by atoms with E-state index in [1.165, 1.54) is 41.6 Å². The van der Waals surface area contributed by atoms with Gasteiger partial charge in [-0.1, -0.05) is 68.3 Å². The van der Waals surface area contributed by atoms with Gasteiger partial charge in [-0.3, -0.25) is 4.79 Å². The molecule has 0 saturated carbocycles. The number of nitrogens with zero attached hydrogens (tertiary/aromatic N) is 6. The molecule has 0 atom stereocenters. The van der Waals surface area contributed by atoms with Crippen LogP contribution in [0.4, 0.5) is 27.2 Å². The number of esters is 2. The van der Waals surface area contributed by atoms with Gasteiger partial charge in [0.15, 0.2) is 0 Å². The van der Waals surface area contributed by atoms with Gasteiger partial charge < -0.3 is 19.1 Å². The summed E-state index contributed by atoms with van der Waals surface area (Å²) in [6.07, 6.45) is 9.18. The molecule has 0 aliphatic carbocycles. The number of aromatic nitrogens is 1. The molecule has 0 N–H and O–H groups in total. The number of benzene rings is 2. The third-order valence-electron chi connectivity index (χ3n) is 7.39. The first-order valence-electron chi connectivity index (χ1n) is 16.7. The van der Waals surface area contributed by atoms with Gasteiger partial charge in [-0.2, -0.15) is 0 Å². The lowest BCUT2D eigenvalue weighted by Crippen LogP contribution is -2.27. The second kappa shape index (κ2) is 20.8. The predicted octanol–water partition coefficient (Wildman–Crippen LogP) is 10.8. The van der Waals surface area contributed by atoms with Crippen LogP contribution in [0.25, 0.3) is 9.53 Å². The van der Waals surface area contributed by atoms with E-state index in [-0.39, 0.29) is 11.9 Å². The Bertz CT molecular complexity index is 1640. The molecule has 2 heterocycles. The van der Waals surface area contributed by atoms with Gasteiger partial charge in [0.1, 0.15) is 22.2 Å². The highest BCUT2D eigenvalue weighted by Gasteiger charge is 2.09. The lowest BCUT2D eigenvalue weighted by atomic mass is 10.1. The Hall–Kier alpha value is -4.49. The Labute approximate surface area is 295 Å². The summed E-state index contributed by atoms with van der Waals surface area (Å²) in [6.45, 7) is 10.2. The van der Waals surface area contributed by atoms with Crippen LogP contribution in [0.2, 0.25) is 0 Å². The van der Waals surface area contributed by atoms with Crippen molar-refractivity contribution < 1.29 is 23.8 Å². The van der Waals surface area contributed by atoms with E-state index >= 15 is 0 Å². The first-order valence-corrected chi connectivity index (χ1v) is 18.4. The number of anilines is 1. The summed E-state index contributed by atoms with van der Waals surface area (Å²) < 4.78 is 17.1. The fourth-order valence-electron chi connectivity index (χ4n) is 4.70. The van der Waals surface area contributed by atoms with E-state index in [0.29, 0.717) is 37.9 Å². The van der Waals surface area contributed by atoms with Crippen LogP contribution in [0.15, 0.2) is 87.7 Å². The third-order valence-corrected chi connectivity index (χ3v) is 9.32. The number of thiazole rings is 1. The zero-order valence-corrected chi connectivity index (χ0v) is 29.8. The zero-order chi connectivity index (χ0) is 34.7. The van der Waals surface area contributed by atoms with Gasteiger partial charge in [-0.05, 0) is 74.4 Å². The van der Waals surface area contributed by atoms with E-state index in [4.69, 9.17) is 14.2 Å². The van der Waals surface area contributed by atoms with Crippen LogP contribution < -0.4 is 9.64 Å². The normalized spacial score (nSPS) is 11.4. The van der Waals surface area contributed by atoms with Crippen LogP contribution in [0, 0.1) is 0 Å². The maximum absolute atomic E-state index is 11.4. The van der Waals surface area contributed by atoms with Gasteiger partial charge in [0.2, 0.25) is 5.13 Å². The van der Waals surface area contributed by atoms with Crippen molar-refractivity contribution in [3.63, 3.8) is 0 Å². The van der Waals surface area contributed by atoms with E-state index in [1.807, 2.05) is 54.6 Å². The molecule has 0 saturated heterocycles. The largest absolute Gasteiger partial charge is 0.494 e. The molecule has 0 spiro atoms. The fraction of sp³-hybridized carbons (Fsp3) is 0.417. The topological polar surface area (TPSA) is 127 Å². The molecule has 0 bridgehead atoms. The van der Waals surface area contributed by atoms with Gasteiger partial charge in [0.05, 0.1) is 35.8 Å². The Kier molecular flexibility index (Phi) is 15.8. The van der Waals surface area contributed by atoms with Gasteiger partial charge in [-0.15, -0.1) is 20.5 Å². The number of azo groups is 2. The highest BCUT2D eigenvalue weighted by Crippen LogP contribution is 2.39. The number of rotatable bonds is 22. The molecule has 0 amide bonds. The summed E-state index contributed by atoms with van der Waals surface area (Å²) in [6, 6.07) is 17.4. The monoisotopic (exact) mass is 704 g/mol. The number of carbonyl (C=O) groups is 2. The minimum atomic E-state index is -0.350. The fourth-order valence-corrected chi connectivity index (χ4v) is 6.55. The summed E-state index contributed by atoms with van der Waals surface area (Å²) in [5, 5.41) is 18.8. The molecule has 49 heavy (non-hydrogen) atoms. The maximum Gasteiger partial charge on any atom is 0.330 e. The van der Waals surface area contributed by atoms with Crippen LogP contribution in [0.3, 0.4) is 0 Å². The van der Waals surface area contributed by atoms with Gasteiger partial charge in [0.25, 0.3) is 0 Å². The predicted molar refractivity (Wildman–Crippen MR) is 197 cm³/mol. The Morgan fingerprint density at radius 1 is 0.796 bits per heavy atom. The Morgan fingerprint density at radius 3 is 2.10 bits per heavy atom. The molecule has 0 unspecified atom stereocenters. The Balaban J connectivity index is 1.15. The number of hydrogen-bond acceptors (Lipinski definition) is 13. The van der Waals surface area contributed by atoms with E-state index in [1.54, 1.807) is 6.92 Å². The first kappa shape index (κ1) is 37.3. The Morgan fingerprint density at radius 2 is 1.45 bits per heavy atom. The highest BCUT2D eigenvalue weighted by atomic mass is 32.1. The zero-order valence-electron chi connectivity index (χ0n) is 28.2. The molecule has 260 valence electrons. The average Bonchev–Trinajstić information content (AvgIpc) is 3.70. The lowest BCUT2D eigenvalue weighted by molar-refractivity contribution is -0.143. The number of likely N-dealkylation sites (N-methyl/N-ethyl adjacent to an activating group) is 1. The number of ether oxygens (including phenoxy) is 3. The van der Waals surface area contributed by atoms with Crippen LogP contribution in [0.5, 0.6) is 5.75 Å². The van der Waals surface area contributed by atoms with Gasteiger partial charge in [0, 0.05) is 24.7 Å². The minimum absolute atomic E-state index is 0.187. The lowest BCUT2D eigenvalue weighted by Gasteiger charge is -2.22. The van der Waals surface area contributed by atoms with E-state index in [9.17, 15) is 9.59 Å². The second-order valence-electron chi connectivity index (χ2n) is 11.0. The van der Waals surface area contributed by atoms with Crippen molar-refractivity contribution in [1.29, 1.82) is 0 Å². The van der Waals surface area contributed by atoms with E-state index in [2.05, 4.69) is 43.8 Å². The van der Waals surface area contributed by atoms with Crippen LogP contribution in [0.1, 0.15) is 65.2 Å². The SMILES string of the molecule is C=CC(=O)OCCCCCCCCCOc1ccc(/N=N/c2cc3sc(/N=N/c4ccc(N(CC)CCOC(=O)CC)cc4)nc3s2)cc1. The average molecular weight is 705 g/mol. The number of hydrogen-bond donors (Lipinski definition) is 0. The smallest absolute Gasteiger partial charge is 0.330 e. The number of unbranched alkanes of at least 4 members (excludes halogenated alkanes) is 6. The number of carbonyl (C=O) groups excluding carboxylic acids is 2. The molecule has 2 aromatic heterocycles. The molecule has 0 radical (unpaired) electrons. The standard InChI is InChI=1S/C36H44N6O5S2/c1-4-33(43)46-24-13-11-9-7-8-10-12-23-45-30-20-16-28(17-21-30)38-40-32-26-31-35(49-32)37-36(48-31)41-39-27-14-18-29(19-15-27)42(6-3)22-25-47-34(44)5-2/h4,14-21,26H,1,5-13,22-25H2,2-3H3/b40-38+,41-39+. The molecule has 2 aromatic carbocycles. The van der Waals surface area contributed by atoms with E-state index < -0.39 is 0 Å². The minimum Gasteiger partial charge on any atom is -0.494 e. The van der Waals surface area contributed by atoms with Gasteiger partial charge in [-0.25, -0.2) is 9.78 Å². The molecular weight excluding hydrogens is 661 g/mol. The molecule has 0 aliphatic rings. The summed E-state index contributed by atoms with van der Waals surface area (Å²) >= 11 is 2.92.